The number of imide groups is 1. The number of nitrogens with one attached hydrogen (secondary N) is 3. The topological polar surface area (TPSA) is 70.2 Å². The van der Waals surface area contributed by atoms with Crippen molar-refractivity contribution in [3.8, 4) is 0 Å². The van der Waals surface area contributed by atoms with Crippen LogP contribution in [0.5, 0.6) is 0 Å². The van der Waals surface area contributed by atoms with Crippen molar-refractivity contribution in [2.24, 2.45) is 0 Å². The minimum Gasteiger partial charge on any atom is -0.338 e. The van der Waals surface area contributed by atoms with Crippen LogP contribution in [0.25, 0.3) is 0 Å². The van der Waals surface area contributed by atoms with Crippen molar-refractivity contribution in [2.45, 2.75) is 39.2 Å². The molecule has 6 heteroatoms. The van der Waals surface area contributed by atoms with Gasteiger partial charge < -0.3 is 10.6 Å². The number of carbonyl (C=O) groups is 2. The lowest BCUT2D eigenvalue weighted by molar-refractivity contribution is -0.119. The second-order valence-electron chi connectivity index (χ2n) is 5.05. The summed E-state index contributed by atoms with van der Waals surface area (Å²) in [6.07, 6.45) is 2.76. The molecule has 3 amide bonds. The summed E-state index contributed by atoms with van der Waals surface area (Å²) in [5, 5.41) is 8.14. The molecule has 0 bridgehead atoms. The Bertz CT molecular complexity index is 477. The highest BCUT2D eigenvalue weighted by Crippen LogP contribution is 2.19. The first-order valence-electron chi connectivity index (χ1n) is 7.63. The normalized spacial score (nSPS) is 11.8. The number of amides is 3. The van der Waals surface area contributed by atoms with Gasteiger partial charge in [0, 0.05) is 17.1 Å². The number of hydrogen-bond donors (Lipinski definition) is 3. The largest absolute Gasteiger partial charge is 0.338 e. The zero-order valence-corrected chi connectivity index (χ0v) is 14.7. The molecule has 0 radical (unpaired) electrons. The van der Waals surface area contributed by atoms with Crippen LogP contribution in [0, 0.1) is 0 Å². The third-order valence-corrected chi connectivity index (χ3v) is 3.79. The molecule has 0 saturated carbocycles. The Balaban J connectivity index is 2.37. The minimum atomic E-state index is -0.433. The fourth-order valence-corrected chi connectivity index (χ4v) is 2.27. The predicted octanol–water partition coefficient (Wildman–Crippen LogP) is 3.12. The summed E-state index contributed by atoms with van der Waals surface area (Å²) < 4.78 is 1.02. The van der Waals surface area contributed by atoms with Gasteiger partial charge in [-0.25, -0.2) is 4.79 Å². The molecule has 22 heavy (non-hydrogen) atoms. The summed E-state index contributed by atoms with van der Waals surface area (Å²) in [5.41, 5.74) is 1.12. The molecule has 0 aliphatic heterocycles. The molecule has 1 aromatic rings. The minimum absolute atomic E-state index is 0.0852. The van der Waals surface area contributed by atoms with Gasteiger partial charge in [0.25, 0.3) is 0 Å². The fourth-order valence-electron chi connectivity index (χ4n) is 2.00. The van der Waals surface area contributed by atoms with Crippen LogP contribution in [0.2, 0.25) is 0 Å². The Morgan fingerprint density at radius 3 is 2.45 bits per heavy atom. The highest BCUT2D eigenvalue weighted by atomic mass is 79.9. The molecule has 5 nitrogen and oxygen atoms in total. The lowest BCUT2D eigenvalue weighted by Gasteiger charge is -2.17. The number of urea groups is 1. The molecule has 1 aromatic carbocycles. The summed E-state index contributed by atoms with van der Waals surface area (Å²) in [6, 6.07) is 7.63. The van der Waals surface area contributed by atoms with Crippen molar-refractivity contribution in [3.05, 3.63) is 34.3 Å². The summed E-state index contributed by atoms with van der Waals surface area (Å²) in [4.78, 5) is 23.2. The molecule has 122 valence electrons. The molecule has 0 fully saturated rings. The third-order valence-electron chi connectivity index (χ3n) is 3.26. The molecular weight excluding hydrogens is 346 g/mol. The first kappa shape index (κ1) is 18.6. The average molecular weight is 370 g/mol. The Labute approximate surface area is 140 Å². The molecule has 0 saturated heterocycles. The van der Waals surface area contributed by atoms with Gasteiger partial charge >= 0.3 is 6.03 Å². The molecule has 3 N–H and O–H groups in total. The Morgan fingerprint density at radius 1 is 1.18 bits per heavy atom. The Kier molecular flexibility index (Phi) is 8.77. The zero-order chi connectivity index (χ0) is 16.4. The third kappa shape index (κ3) is 7.04. The van der Waals surface area contributed by atoms with Crippen LogP contribution < -0.4 is 16.0 Å². The van der Waals surface area contributed by atoms with Gasteiger partial charge in [0.05, 0.1) is 6.54 Å². The fraction of sp³-hybridized carbons (Fsp3) is 0.500. The van der Waals surface area contributed by atoms with Crippen LogP contribution in [0.4, 0.5) is 4.79 Å². The SMILES string of the molecule is CCCCNC(=O)NC(=O)CN[C@@H](CC)c1ccc(Br)cc1. The van der Waals surface area contributed by atoms with Crippen molar-refractivity contribution in [1.82, 2.24) is 16.0 Å². The maximum atomic E-state index is 11.8. The molecule has 0 heterocycles. The van der Waals surface area contributed by atoms with Crippen molar-refractivity contribution in [2.75, 3.05) is 13.1 Å². The molecule has 1 rings (SSSR count). The number of carbonyl (C=O) groups excluding carboxylic acids is 2. The molecule has 0 aliphatic rings. The number of hydrogen-bond acceptors (Lipinski definition) is 3. The smallest absolute Gasteiger partial charge is 0.321 e. The number of rotatable bonds is 8. The van der Waals surface area contributed by atoms with E-state index in [1.165, 1.54) is 0 Å². The Morgan fingerprint density at radius 2 is 1.86 bits per heavy atom. The van der Waals surface area contributed by atoms with Crippen molar-refractivity contribution in [1.29, 1.82) is 0 Å². The molecular formula is C16H24BrN3O2. The quantitative estimate of drug-likeness (QED) is 0.616. The molecule has 0 spiro atoms. The molecule has 0 aliphatic carbocycles. The summed E-state index contributed by atoms with van der Waals surface area (Å²) >= 11 is 3.40. The standard InChI is InChI=1S/C16H24BrN3O2/c1-3-5-10-18-16(22)20-15(21)11-19-14(4-2)12-6-8-13(17)9-7-12/h6-9,14,19H,3-5,10-11H2,1-2H3,(H2,18,20,21,22)/t14-/m0/s1. The van der Waals surface area contributed by atoms with Gasteiger partial charge in [-0.2, -0.15) is 0 Å². The predicted molar refractivity (Wildman–Crippen MR) is 91.6 cm³/mol. The van der Waals surface area contributed by atoms with E-state index < -0.39 is 6.03 Å². The summed E-state index contributed by atoms with van der Waals surface area (Å²) in [7, 11) is 0. The number of unbranched alkanes of at least 4 members (excludes halogenated alkanes) is 1. The monoisotopic (exact) mass is 369 g/mol. The first-order valence-corrected chi connectivity index (χ1v) is 8.42. The van der Waals surface area contributed by atoms with Crippen LogP contribution >= 0.6 is 15.9 Å². The molecule has 1 atom stereocenters. The van der Waals surface area contributed by atoms with Crippen LogP contribution in [-0.2, 0) is 4.79 Å². The summed E-state index contributed by atoms with van der Waals surface area (Å²) in [6.45, 7) is 4.78. The maximum absolute atomic E-state index is 11.8. The van der Waals surface area contributed by atoms with Crippen LogP contribution in [0.3, 0.4) is 0 Å². The van der Waals surface area contributed by atoms with Crippen molar-refractivity contribution in [3.63, 3.8) is 0 Å². The van der Waals surface area contributed by atoms with E-state index in [0.29, 0.717) is 6.54 Å². The van der Waals surface area contributed by atoms with E-state index in [1.807, 2.05) is 31.2 Å². The average Bonchev–Trinajstić information content (AvgIpc) is 2.49. The van der Waals surface area contributed by atoms with Gasteiger partial charge in [-0.1, -0.05) is 48.3 Å². The van der Waals surface area contributed by atoms with E-state index in [4.69, 9.17) is 0 Å². The lowest BCUT2D eigenvalue weighted by atomic mass is 10.0. The van der Waals surface area contributed by atoms with E-state index in [-0.39, 0.29) is 18.5 Å². The van der Waals surface area contributed by atoms with Gasteiger partial charge in [-0.3, -0.25) is 10.1 Å². The second-order valence-corrected chi connectivity index (χ2v) is 5.97. The second kappa shape index (κ2) is 10.3. The van der Waals surface area contributed by atoms with Crippen molar-refractivity contribution < 1.29 is 9.59 Å². The van der Waals surface area contributed by atoms with Gasteiger partial charge in [-0.15, -0.1) is 0 Å². The highest BCUT2D eigenvalue weighted by molar-refractivity contribution is 9.10. The molecule has 0 aromatic heterocycles. The van der Waals surface area contributed by atoms with Gasteiger partial charge in [-0.05, 0) is 30.5 Å². The van der Waals surface area contributed by atoms with E-state index in [1.54, 1.807) is 0 Å². The van der Waals surface area contributed by atoms with Gasteiger partial charge in [0.1, 0.15) is 0 Å². The van der Waals surface area contributed by atoms with E-state index in [0.717, 1.165) is 29.3 Å². The van der Waals surface area contributed by atoms with E-state index >= 15 is 0 Å². The molecule has 0 unspecified atom stereocenters. The van der Waals surface area contributed by atoms with Gasteiger partial charge in [0.15, 0.2) is 0 Å². The maximum Gasteiger partial charge on any atom is 0.321 e. The first-order chi connectivity index (χ1) is 10.6. The van der Waals surface area contributed by atoms with Gasteiger partial charge in [0.2, 0.25) is 5.91 Å². The van der Waals surface area contributed by atoms with Crippen molar-refractivity contribution >= 4 is 27.9 Å². The van der Waals surface area contributed by atoms with E-state index in [2.05, 4.69) is 38.8 Å². The highest BCUT2D eigenvalue weighted by Gasteiger charge is 2.12. The van der Waals surface area contributed by atoms with Crippen LogP contribution in [-0.4, -0.2) is 25.0 Å². The Hall–Kier alpha value is -1.40. The van der Waals surface area contributed by atoms with Crippen LogP contribution in [0.1, 0.15) is 44.7 Å². The summed E-state index contributed by atoms with van der Waals surface area (Å²) in [5.74, 6) is -0.329. The van der Waals surface area contributed by atoms with Crippen LogP contribution in [0.15, 0.2) is 28.7 Å². The lowest BCUT2D eigenvalue weighted by Crippen LogP contribution is -2.44. The number of benzene rings is 1. The zero-order valence-electron chi connectivity index (χ0n) is 13.1. The van der Waals surface area contributed by atoms with E-state index in [9.17, 15) is 9.59 Å². The number of halogens is 1.